The van der Waals surface area contributed by atoms with E-state index in [0.29, 0.717) is 16.1 Å². The maximum Gasteiger partial charge on any atom is 0.0595 e. The van der Waals surface area contributed by atoms with Crippen LogP contribution in [0.3, 0.4) is 0 Å². The molecule has 0 amide bonds. The van der Waals surface area contributed by atoms with Crippen LogP contribution in [0.1, 0.15) is 31.7 Å². The van der Waals surface area contributed by atoms with E-state index in [1.165, 1.54) is 24.8 Å². The van der Waals surface area contributed by atoms with Crippen molar-refractivity contribution in [3.05, 3.63) is 33.8 Å². The van der Waals surface area contributed by atoms with Gasteiger partial charge in [0.05, 0.1) is 10.0 Å². The molecule has 2 nitrogen and oxygen atoms in total. The van der Waals surface area contributed by atoms with Gasteiger partial charge in [-0.05, 0) is 43.6 Å². The van der Waals surface area contributed by atoms with Gasteiger partial charge in [0.15, 0.2) is 0 Å². The molecule has 1 aliphatic heterocycles. The zero-order valence-electron chi connectivity index (χ0n) is 11.5. The molecule has 1 heterocycles. The second-order valence-corrected chi connectivity index (χ2v) is 6.09. The SMILES string of the molecule is CCCC1CN(Cc2ccc(Cl)c(Cl)c2)CCCN1. The van der Waals surface area contributed by atoms with Crippen LogP contribution in [0.25, 0.3) is 0 Å². The Bertz CT molecular complexity index is 409. The Morgan fingerprint density at radius 1 is 1.32 bits per heavy atom. The summed E-state index contributed by atoms with van der Waals surface area (Å²) in [6.07, 6.45) is 3.69. The predicted octanol–water partition coefficient (Wildman–Crippen LogP) is 3.96. The lowest BCUT2D eigenvalue weighted by atomic mass is 10.1. The smallest absolute Gasteiger partial charge is 0.0595 e. The summed E-state index contributed by atoms with van der Waals surface area (Å²) in [6.45, 7) is 6.60. The van der Waals surface area contributed by atoms with E-state index >= 15 is 0 Å². The molecule has 0 radical (unpaired) electrons. The molecule has 1 saturated heterocycles. The van der Waals surface area contributed by atoms with Gasteiger partial charge in [0.25, 0.3) is 0 Å². The molecule has 0 saturated carbocycles. The number of hydrogen-bond donors (Lipinski definition) is 1. The fraction of sp³-hybridized carbons (Fsp3) is 0.600. The summed E-state index contributed by atoms with van der Waals surface area (Å²) in [5, 5.41) is 4.91. The third kappa shape index (κ3) is 4.64. The highest BCUT2D eigenvalue weighted by atomic mass is 35.5. The molecule has 19 heavy (non-hydrogen) atoms. The van der Waals surface area contributed by atoms with Crippen molar-refractivity contribution in [3.63, 3.8) is 0 Å². The second-order valence-electron chi connectivity index (χ2n) is 5.28. The molecule has 2 rings (SSSR count). The van der Waals surface area contributed by atoms with Crippen molar-refractivity contribution in [2.24, 2.45) is 0 Å². The molecule has 0 aromatic heterocycles. The molecule has 1 atom stereocenters. The number of halogens is 2. The van der Waals surface area contributed by atoms with Crippen molar-refractivity contribution in [1.29, 1.82) is 0 Å². The monoisotopic (exact) mass is 300 g/mol. The van der Waals surface area contributed by atoms with Crippen molar-refractivity contribution in [2.75, 3.05) is 19.6 Å². The summed E-state index contributed by atoms with van der Waals surface area (Å²) in [5.41, 5.74) is 1.24. The Morgan fingerprint density at radius 2 is 2.16 bits per heavy atom. The summed E-state index contributed by atoms with van der Waals surface area (Å²) in [4.78, 5) is 2.51. The Balaban J connectivity index is 1.97. The normalized spacial score (nSPS) is 21.3. The Kier molecular flexibility index (Phi) is 5.96. The third-order valence-electron chi connectivity index (χ3n) is 3.59. The Labute approximate surface area is 126 Å². The van der Waals surface area contributed by atoms with Crippen LogP contribution in [0.5, 0.6) is 0 Å². The van der Waals surface area contributed by atoms with E-state index in [-0.39, 0.29) is 0 Å². The second kappa shape index (κ2) is 7.49. The van der Waals surface area contributed by atoms with E-state index in [1.807, 2.05) is 12.1 Å². The lowest BCUT2D eigenvalue weighted by molar-refractivity contribution is 0.255. The van der Waals surface area contributed by atoms with Gasteiger partial charge in [0.1, 0.15) is 0 Å². The van der Waals surface area contributed by atoms with E-state index < -0.39 is 0 Å². The van der Waals surface area contributed by atoms with Gasteiger partial charge in [-0.2, -0.15) is 0 Å². The van der Waals surface area contributed by atoms with Crippen LogP contribution in [0.15, 0.2) is 18.2 Å². The number of hydrogen-bond acceptors (Lipinski definition) is 2. The topological polar surface area (TPSA) is 15.3 Å². The minimum Gasteiger partial charge on any atom is -0.313 e. The number of nitrogens with one attached hydrogen (secondary N) is 1. The summed E-state index contributed by atoms with van der Waals surface area (Å²) < 4.78 is 0. The van der Waals surface area contributed by atoms with Crippen LogP contribution in [0.2, 0.25) is 10.0 Å². The molecule has 1 fully saturated rings. The van der Waals surface area contributed by atoms with E-state index in [1.54, 1.807) is 0 Å². The molecule has 1 aromatic carbocycles. The standard InChI is InChI=1S/C15H22Cl2N2/c1-2-4-13-11-19(8-3-7-18-13)10-12-5-6-14(16)15(17)9-12/h5-6,9,13,18H,2-4,7-8,10-11H2,1H3. The quantitative estimate of drug-likeness (QED) is 0.905. The lowest BCUT2D eigenvalue weighted by Gasteiger charge is -2.24. The zero-order valence-corrected chi connectivity index (χ0v) is 13.0. The van der Waals surface area contributed by atoms with Gasteiger partial charge >= 0.3 is 0 Å². The first-order valence-corrected chi connectivity index (χ1v) is 7.84. The van der Waals surface area contributed by atoms with Crippen molar-refractivity contribution in [2.45, 2.75) is 38.8 Å². The fourth-order valence-electron chi connectivity index (χ4n) is 2.66. The van der Waals surface area contributed by atoms with Gasteiger partial charge in [0.2, 0.25) is 0 Å². The summed E-state index contributed by atoms with van der Waals surface area (Å²) in [5.74, 6) is 0. The average Bonchev–Trinajstić information content (AvgIpc) is 2.60. The molecular weight excluding hydrogens is 279 g/mol. The van der Waals surface area contributed by atoms with Crippen LogP contribution in [0.4, 0.5) is 0 Å². The van der Waals surface area contributed by atoms with Crippen molar-refractivity contribution >= 4 is 23.2 Å². The average molecular weight is 301 g/mol. The first kappa shape index (κ1) is 15.1. The van der Waals surface area contributed by atoms with Crippen LogP contribution < -0.4 is 5.32 Å². The highest BCUT2D eigenvalue weighted by molar-refractivity contribution is 6.42. The molecule has 1 aliphatic rings. The van der Waals surface area contributed by atoms with E-state index in [4.69, 9.17) is 23.2 Å². The Morgan fingerprint density at radius 3 is 2.89 bits per heavy atom. The molecule has 0 aliphatic carbocycles. The largest absolute Gasteiger partial charge is 0.313 e. The van der Waals surface area contributed by atoms with E-state index in [9.17, 15) is 0 Å². The van der Waals surface area contributed by atoms with Crippen LogP contribution in [-0.4, -0.2) is 30.6 Å². The van der Waals surface area contributed by atoms with Gasteiger partial charge in [-0.1, -0.05) is 42.6 Å². The zero-order chi connectivity index (χ0) is 13.7. The van der Waals surface area contributed by atoms with Crippen LogP contribution in [-0.2, 0) is 6.54 Å². The first-order valence-electron chi connectivity index (χ1n) is 7.08. The van der Waals surface area contributed by atoms with Gasteiger partial charge in [-0.25, -0.2) is 0 Å². The molecule has 1 aromatic rings. The Hall–Kier alpha value is -0.280. The molecule has 0 spiro atoms. The molecule has 4 heteroatoms. The van der Waals surface area contributed by atoms with E-state index in [2.05, 4.69) is 23.2 Å². The molecule has 106 valence electrons. The summed E-state index contributed by atoms with van der Waals surface area (Å²) >= 11 is 12.0. The lowest BCUT2D eigenvalue weighted by Crippen LogP contribution is -2.37. The molecular formula is C15H22Cl2N2. The minimum atomic E-state index is 0.621. The van der Waals surface area contributed by atoms with Crippen molar-refractivity contribution in [1.82, 2.24) is 10.2 Å². The third-order valence-corrected chi connectivity index (χ3v) is 4.33. The minimum absolute atomic E-state index is 0.621. The maximum absolute atomic E-state index is 6.08. The van der Waals surface area contributed by atoms with Gasteiger partial charge in [-0.15, -0.1) is 0 Å². The van der Waals surface area contributed by atoms with Crippen LogP contribution >= 0.6 is 23.2 Å². The van der Waals surface area contributed by atoms with Crippen molar-refractivity contribution < 1.29 is 0 Å². The predicted molar refractivity (Wildman–Crippen MR) is 83.1 cm³/mol. The van der Waals surface area contributed by atoms with Crippen LogP contribution in [0, 0.1) is 0 Å². The molecule has 0 bridgehead atoms. The van der Waals surface area contributed by atoms with Gasteiger partial charge in [-0.3, -0.25) is 4.90 Å². The highest BCUT2D eigenvalue weighted by Crippen LogP contribution is 2.23. The first-order chi connectivity index (χ1) is 9.19. The number of rotatable bonds is 4. The maximum atomic E-state index is 6.08. The van der Waals surface area contributed by atoms with Gasteiger partial charge in [0, 0.05) is 19.1 Å². The molecule has 1 N–H and O–H groups in total. The number of benzene rings is 1. The summed E-state index contributed by atoms with van der Waals surface area (Å²) in [7, 11) is 0. The van der Waals surface area contributed by atoms with E-state index in [0.717, 1.165) is 26.2 Å². The van der Waals surface area contributed by atoms with Crippen molar-refractivity contribution in [3.8, 4) is 0 Å². The fourth-order valence-corrected chi connectivity index (χ4v) is 2.98. The highest BCUT2D eigenvalue weighted by Gasteiger charge is 2.17. The molecule has 1 unspecified atom stereocenters. The summed E-state index contributed by atoms with van der Waals surface area (Å²) in [6, 6.07) is 6.56. The number of nitrogens with zero attached hydrogens (tertiary/aromatic N) is 1. The van der Waals surface area contributed by atoms with Gasteiger partial charge < -0.3 is 5.32 Å².